The van der Waals surface area contributed by atoms with Crippen molar-refractivity contribution in [2.75, 3.05) is 26.0 Å². The third-order valence-corrected chi connectivity index (χ3v) is 3.59. The molecule has 0 amide bonds. The molecule has 6 heteroatoms. The third kappa shape index (κ3) is 3.19. The maximum Gasteiger partial charge on any atom is 0.242 e. The van der Waals surface area contributed by atoms with Crippen LogP contribution >= 0.6 is 0 Å². The molecule has 5 nitrogen and oxygen atoms in total. The van der Waals surface area contributed by atoms with Gasteiger partial charge in [-0.25, -0.2) is 13.1 Å². The lowest BCUT2D eigenvalue weighted by Crippen LogP contribution is -2.27. The average Bonchev–Trinajstić information content (AvgIpc) is 2.17. The van der Waals surface area contributed by atoms with Crippen molar-refractivity contribution in [2.45, 2.75) is 11.8 Å². The lowest BCUT2D eigenvalue weighted by atomic mass is 10.2. The number of rotatable bonds is 5. The van der Waals surface area contributed by atoms with Gasteiger partial charge in [0.15, 0.2) is 0 Å². The van der Waals surface area contributed by atoms with Gasteiger partial charge in [-0.3, -0.25) is 0 Å². The smallest absolute Gasteiger partial charge is 0.242 e. The summed E-state index contributed by atoms with van der Waals surface area (Å²) in [5.74, 6) is 0. The molecule has 0 saturated heterocycles. The molecule has 0 saturated carbocycles. The van der Waals surface area contributed by atoms with Crippen LogP contribution in [0.25, 0.3) is 0 Å². The summed E-state index contributed by atoms with van der Waals surface area (Å²) < 4.78 is 30.8. The first kappa shape index (κ1) is 13.0. The van der Waals surface area contributed by atoms with Gasteiger partial charge in [0.2, 0.25) is 10.0 Å². The first-order valence-electron chi connectivity index (χ1n) is 4.82. The van der Waals surface area contributed by atoms with E-state index in [1.54, 1.807) is 12.1 Å². The molecule has 0 fully saturated rings. The summed E-state index contributed by atoms with van der Waals surface area (Å²) in [5.41, 5.74) is 6.84. The Morgan fingerprint density at radius 1 is 1.44 bits per heavy atom. The number of methoxy groups -OCH3 is 1. The highest BCUT2D eigenvalue weighted by atomic mass is 32.2. The van der Waals surface area contributed by atoms with Crippen LogP contribution < -0.4 is 10.5 Å². The Morgan fingerprint density at radius 3 is 2.69 bits per heavy atom. The second kappa shape index (κ2) is 5.29. The van der Waals surface area contributed by atoms with E-state index >= 15 is 0 Å². The van der Waals surface area contributed by atoms with Gasteiger partial charge in [0.05, 0.1) is 12.3 Å². The molecule has 0 atom stereocenters. The summed E-state index contributed by atoms with van der Waals surface area (Å²) in [7, 11) is -2.03. The van der Waals surface area contributed by atoms with E-state index in [1.165, 1.54) is 13.2 Å². The maximum absolute atomic E-state index is 11.8. The third-order valence-electron chi connectivity index (χ3n) is 2.05. The molecule has 0 aliphatic heterocycles. The van der Waals surface area contributed by atoms with Gasteiger partial charge >= 0.3 is 0 Å². The lowest BCUT2D eigenvalue weighted by Gasteiger charge is -2.09. The average molecular weight is 244 g/mol. The molecule has 1 aromatic rings. The van der Waals surface area contributed by atoms with E-state index in [4.69, 9.17) is 10.5 Å². The van der Waals surface area contributed by atoms with E-state index in [2.05, 4.69) is 4.72 Å². The van der Waals surface area contributed by atoms with Crippen molar-refractivity contribution in [1.29, 1.82) is 0 Å². The Labute approximate surface area is 95.7 Å². The van der Waals surface area contributed by atoms with Crippen LogP contribution in [0.2, 0.25) is 0 Å². The summed E-state index contributed by atoms with van der Waals surface area (Å²) in [6.45, 7) is 2.41. The van der Waals surface area contributed by atoms with Crippen LogP contribution in [0.4, 0.5) is 5.69 Å². The van der Waals surface area contributed by atoms with Gasteiger partial charge < -0.3 is 10.5 Å². The first-order valence-corrected chi connectivity index (χ1v) is 6.30. The molecule has 1 aromatic carbocycles. The Balaban J connectivity index is 2.90. The zero-order valence-electron chi connectivity index (χ0n) is 9.36. The van der Waals surface area contributed by atoms with Gasteiger partial charge in [-0.15, -0.1) is 0 Å². The number of benzene rings is 1. The molecule has 0 heterocycles. The van der Waals surface area contributed by atoms with Gasteiger partial charge in [-0.05, 0) is 24.6 Å². The normalized spacial score (nSPS) is 11.6. The van der Waals surface area contributed by atoms with E-state index in [0.29, 0.717) is 6.61 Å². The quantitative estimate of drug-likeness (QED) is 0.584. The summed E-state index contributed by atoms with van der Waals surface area (Å²) >= 11 is 0. The fourth-order valence-electron chi connectivity index (χ4n) is 1.27. The monoisotopic (exact) mass is 244 g/mol. The topological polar surface area (TPSA) is 81.4 Å². The molecule has 0 radical (unpaired) electrons. The van der Waals surface area contributed by atoms with Crippen molar-refractivity contribution < 1.29 is 13.2 Å². The van der Waals surface area contributed by atoms with Crippen LogP contribution in [0.15, 0.2) is 23.1 Å². The number of hydrogen-bond donors (Lipinski definition) is 2. The van der Waals surface area contributed by atoms with Gasteiger partial charge in [-0.2, -0.15) is 0 Å². The molecule has 0 aliphatic rings. The van der Waals surface area contributed by atoms with Crippen LogP contribution in [-0.4, -0.2) is 28.7 Å². The van der Waals surface area contributed by atoms with Crippen molar-refractivity contribution in [2.24, 2.45) is 0 Å². The zero-order chi connectivity index (χ0) is 12.2. The maximum atomic E-state index is 11.8. The number of aryl methyl sites for hydroxylation is 1. The Kier molecular flexibility index (Phi) is 4.28. The van der Waals surface area contributed by atoms with Crippen LogP contribution in [0, 0.1) is 6.92 Å². The number of sulfonamides is 1. The second-order valence-corrected chi connectivity index (χ2v) is 5.17. The van der Waals surface area contributed by atoms with Crippen LogP contribution in [-0.2, 0) is 14.8 Å². The molecule has 0 bridgehead atoms. The number of nitrogen functional groups attached to an aromatic ring is 1. The standard InChI is InChI=1S/C10H16N2O3S/c1-8-3-4-10(9(11)7-8)16(13,14)12-5-6-15-2/h3-4,7,12H,5-6,11H2,1-2H3. The molecule has 0 spiro atoms. The lowest BCUT2D eigenvalue weighted by molar-refractivity contribution is 0.204. The van der Waals surface area contributed by atoms with Crippen LogP contribution in [0.3, 0.4) is 0 Å². The number of nitrogens with two attached hydrogens (primary N) is 1. The molecule has 1 rings (SSSR count). The van der Waals surface area contributed by atoms with Crippen molar-refractivity contribution in [1.82, 2.24) is 4.72 Å². The molecular formula is C10H16N2O3S. The molecule has 90 valence electrons. The minimum Gasteiger partial charge on any atom is -0.398 e. The van der Waals surface area contributed by atoms with Gasteiger partial charge in [-0.1, -0.05) is 6.07 Å². The van der Waals surface area contributed by atoms with Crippen molar-refractivity contribution in [3.8, 4) is 0 Å². The first-order chi connectivity index (χ1) is 7.47. The SMILES string of the molecule is COCCNS(=O)(=O)c1ccc(C)cc1N. The second-order valence-electron chi connectivity index (χ2n) is 3.43. The molecule has 0 aliphatic carbocycles. The minimum atomic E-state index is -3.53. The van der Waals surface area contributed by atoms with Gasteiger partial charge in [0, 0.05) is 13.7 Å². The summed E-state index contributed by atoms with van der Waals surface area (Å²) in [6, 6.07) is 4.84. The Hall–Kier alpha value is -1.11. The largest absolute Gasteiger partial charge is 0.398 e. The van der Waals surface area contributed by atoms with Crippen molar-refractivity contribution >= 4 is 15.7 Å². The highest BCUT2D eigenvalue weighted by Crippen LogP contribution is 2.18. The molecule has 16 heavy (non-hydrogen) atoms. The highest BCUT2D eigenvalue weighted by Gasteiger charge is 2.16. The molecule has 0 unspecified atom stereocenters. The van der Waals surface area contributed by atoms with Crippen molar-refractivity contribution in [3.05, 3.63) is 23.8 Å². The van der Waals surface area contributed by atoms with Gasteiger partial charge in [0.1, 0.15) is 4.90 Å². The van der Waals surface area contributed by atoms with E-state index in [-0.39, 0.29) is 17.1 Å². The van der Waals surface area contributed by atoms with Crippen LogP contribution in [0.5, 0.6) is 0 Å². The van der Waals surface area contributed by atoms with E-state index < -0.39 is 10.0 Å². The molecular weight excluding hydrogens is 228 g/mol. The summed E-state index contributed by atoms with van der Waals surface area (Å²) in [5, 5.41) is 0. The number of hydrogen-bond acceptors (Lipinski definition) is 4. The van der Waals surface area contributed by atoms with E-state index in [1.807, 2.05) is 6.92 Å². The zero-order valence-corrected chi connectivity index (χ0v) is 10.2. The number of anilines is 1. The predicted octanol–water partition coefficient (Wildman–Crippen LogP) is 0.502. The predicted molar refractivity (Wildman–Crippen MR) is 62.7 cm³/mol. The van der Waals surface area contributed by atoms with Crippen LogP contribution in [0.1, 0.15) is 5.56 Å². The Morgan fingerprint density at radius 2 is 2.12 bits per heavy atom. The summed E-state index contributed by atoms with van der Waals surface area (Å²) in [4.78, 5) is 0.106. The van der Waals surface area contributed by atoms with Crippen molar-refractivity contribution in [3.63, 3.8) is 0 Å². The summed E-state index contributed by atoms with van der Waals surface area (Å²) in [6.07, 6.45) is 0. The molecule has 0 aromatic heterocycles. The number of nitrogens with one attached hydrogen (secondary N) is 1. The highest BCUT2D eigenvalue weighted by molar-refractivity contribution is 7.89. The van der Waals surface area contributed by atoms with E-state index in [0.717, 1.165) is 5.56 Å². The Bertz CT molecular complexity index is 457. The fourth-order valence-corrected chi connectivity index (χ4v) is 2.39. The van der Waals surface area contributed by atoms with Gasteiger partial charge in [0.25, 0.3) is 0 Å². The van der Waals surface area contributed by atoms with E-state index in [9.17, 15) is 8.42 Å². The fraction of sp³-hybridized carbons (Fsp3) is 0.400. The minimum absolute atomic E-state index is 0.106. The number of ether oxygens (including phenoxy) is 1. The molecule has 3 N–H and O–H groups in total.